The molecule has 2 aromatic rings. The number of rotatable bonds is 2. The third kappa shape index (κ3) is 2.79. The summed E-state index contributed by atoms with van der Waals surface area (Å²) in [6.07, 6.45) is -0.704. The van der Waals surface area contributed by atoms with E-state index in [2.05, 4.69) is 15.3 Å². The first-order chi connectivity index (χ1) is 9.11. The molecular formula is C13H12N2O4. The predicted octanol–water partition coefficient (Wildman–Crippen LogP) is 1.87. The number of hydrogen-bond acceptors (Lipinski definition) is 5. The van der Waals surface area contributed by atoms with Crippen molar-refractivity contribution in [2.75, 3.05) is 7.05 Å². The van der Waals surface area contributed by atoms with Crippen molar-refractivity contribution in [1.82, 2.24) is 5.32 Å². The molecular weight excluding hydrogens is 248 g/mol. The van der Waals surface area contributed by atoms with Crippen molar-refractivity contribution in [3.8, 4) is 0 Å². The summed E-state index contributed by atoms with van der Waals surface area (Å²) in [6, 6.07) is 8.77. The van der Waals surface area contributed by atoms with Gasteiger partial charge in [0.2, 0.25) is 0 Å². The second kappa shape index (κ2) is 5.34. The lowest BCUT2D eigenvalue weighted by molar-refractivity contribution is 0.153. The van der Waals surface area contributed by atoms with Crippen molar-refractivity contribution < 1.29 is 14.0 Å². The maximum absolute atomic E-state index is 11.8. The highest BCUT2D eigenvalue weighted by Gasteiger charge is 2.09. The van der Waals surface area contributed by atoms with Crippen molar-refractivity contribution in [3.63, 3.8) is 0 Å². The zero-order valence-corrected chi connectivity index (χ0v) is 10.5. The number of amides is 1. The zero-order valence-electron chi connectivity index (χ0n) is 10.5. The fourth-order valence-corrected chi connectivity index (χ4v) is 1.52. The molecule has 0 saturated heterocycles. The standard InChI is InChI=1S/C13H12N2O4/c1-8(15-19-13(17)14-2)10-7-9-5-3-4-6-11(9)18-12(10)16/h3-7H,1-2H3,(H,14,17)/b15-8-. The molecule has 2 rings (SSSR count). The average Bonchev–Trinajstić information content (AvgIpc) is 2.43. The maximum Gasteiger partial charge on any atom is 0.433 e. The molecule has 0 radical (unpaired) electrons. The number of hydrogen-bond donors (Lipinski definition) is 1. The van der Waals surface area contributed by atoms with E-state index in [-0.39, 0.29) is 11.3 Å². The van der Waals surface area contributed by atoms with Crippen molar-refractivity contribution in [3.05, 3.63) is 46.3 Å². The minimum absolute atomic E-state index is 0.252. The Bertz CT molecular complexity index is 703. The lowest BCUT2D eigenvalue weighted by atomic mass is 10.1. The van der Waals surface area contributed by atoms with Crippen LogP contribution >= 0.6 is 0 Å². The molecule has 6 heteroatoms. The predicted molar refractivity (Wildman–Crippen MR) is 70.2 cm³/mol. The van der Waals surface area contributed by atoms with Gasteiger partial charge in [-0.05, 0) is 19.1 Å². The molecule has 0 saturated carbocycles. The topological polar surface area (TPSA) is 80.9 Å². The number of fused-ring (bicyclic) bond motifs is 1. The van der Waals surface area contributed by atoms with Crippen LogP contribution in [0, 0.1) is 0 Å². The van der Waals surface area contributed by atoms with Crippen LogP contribution in [0.25, 0.3) is 11.0 Å². The fraction of sp³-hybridized carbons (Fsp3) is 0.154. The van der Waals surface area contributed by atoms with E-state index in [1.54, 1.807) is 25.1 Å². The molecule has 0 aliphatic heterocycles. The summed E-state index contributed by atoms with van der Waals surface area (Å²) in [5, 5.41) is 6.59. The largest absolute Gasteiger partial charge is 0.433 e. The number of para-hydroxylation sites is 1. The molecule has 0 atom stereocenters. The molecule has 0 fully saturated rings. The van der Waals surface area contributed by atoms with Crippen molar-refractivity contribution >= 4 is 22.8 Å². The van der Waals surface area contributed by atoms with Crippen LogP contribution in [0.15, 0.2) is 44.7 Å². The van der Waals surface area contributed by atoms with Crippen LogP contribution in [0.2, 0.25) is 0 Å². The van der Waals surface area contributed by atoms with Crippen LogP contribution < -0.4 is 10.9 Å². The Morgan fingerprint density at radius 1 is 1.37 bits per heavy atom. The van der Waals surface area contributed by atoms with Crippen LogP contribution in [-0.2, 0) is 4.84 Å². The molecule has 1 aromatic heterocycles. The van der Waals surface area contributed by atoms with Crippen LogP contribution in [-0.4, -0.2) is 18.9 Å². The molecule has 0 spiro atoms. The van der Waals surface area contributed by atoms with E-state index in [9.17, 15) is 9.59 Å². The third-order valence-electron chi connectivity index (χ3n) is 2.50. The Kier molecular flexibility index (Phi) is 3.61. The van der Waals surface area contributed by atoms with E-state index in [0.29, 0.717) is 5.58 Å². The Labute approximate surface area is 108 Å². The number of carbonyl (C=O) groups excluding carboxylic acids is 1. The van der Waals surface area contributed by atoms with E-state index >= 15 is 0 Å². The summed E-state index contributed by atoms with van der Waals surface area (Å²) in [6.45, 7) is 1.56. The summed E-state index contributed by atoms with van der Waals surface area (Å²) in [4.78, 5) is 27.2. The number of nitrogens with zero attached hydrogens (tertiary/aromatic N) is 1. The lowest BCUT2D eigenvalue weighted by Gasteiger charge is -2.01. The molecule has 0 aliphatic rings. The Morgan fingerprint density at radius 2 is 2.11 bits per heavy atom. The Hall–Kier alpha value is -2.63. The quantitative estimate of drug-likeness (QED) is 0.387. The average molecular weight is 260 g/mol. The summed E-state index contributed by atoms with van der Waals surface area (Å²) in [5.41, 5.74) is 0.488. The van der Waals surface area contributed by atoms with Gasteiger partial charge in [0, 0.05) is 12.4 Å². The van der Waals surface area contributed by atoms with E-state index < -0.39 is 11.7 Å². The SMILES string of the molecule is CNC(=O)O/N=C(/C)c1cc2ccccc2oc1=O. The minimum Gasteiger partial charge on any atom is -0.422 e. The summed E-state index contributed by atoms with van der Waals surface area (Å²) in [5.74, 6) is 0. The zero-order chi connectivity index (χ0) is 13.8. The first kappa shape index (κ1) is 12.8. The van der Waals surface area contributed by atoms with Gasteiger partial charge < -0.3 is 9.73 Å². The molecule has 1 amide bonds. The van der Waals surface area contributed by atoms with Crippen LogP contribution in [0.4, 0.5) is 4.79 Å². The highest BCUT2D eigenvalue weighted by molar-refractivity contribution is 6.00. The second-order valence-corrected chi connectivity index (χ2v) is 3.79. The summed E-state index contributed by atoms with van der Waals surface area (Å²) >= 11 is 0. The number of oxime groups is 1. The number of carbonyl (C=O) groups is 1. The van der Waals surface area contributed by atoms with Gasteiger partial charge in [0.25, 0.3) is 0 Å². The van der Waals surface area contributed by atoms with Gasteiger partial charge >= 0.3 is 11.7 Å². The molecule has 98 valence electrons. The smallest absolute Gasteiger partial charge is 0.422 e. The molecule has 0 aliphatic carbocycles. The monoisotopic (exact) mass is 260 g/mol. The van der Waals surface area contributed by atoms with Gasteiger partial charge in [-0.3, -0.25) is 4.84 Å². The number of nitrogens with one attached hydrogen (secondary N) is 1. The number of benzene rings is 1. The molecule has 1 aromatic carbocycles. The normalized spacial score (nSPS) is 11.4. The summed E-state index contributed by atoms with van der Waals surface area (Å²) in [7, 11) is 1.41. The van der Waals surface area contributed by atoms with Gasteiger partial charge in [-0.15, -0.1) is 0 Å². The summed E-state index contributed by atoms with van der Waals surface area (Å²) < 4.78 is 5.15. The Balaban J connectivity index is 2.42. The molecule has 1 heterocycles. The fourth-order valence-electron chi connectivity index (χ4n) is 1.52. The van der Waals surface area contributed by atoms with Gasteiger partial charge in [-0.2, -0.15) is 0 Å². The Morgan fingerprint density at radius 3 is 2.84 bits per heavy atom. The van der Waals surface area contributed by atoms with Crippen LogP contribution in [0.3, 0.4) is 0 Å². The molecule has 0 unspecified atom stereocenters. The van der Waals surface area contributed by atoms with Gasteiger partial charge in [0.05, 0.1) is 11.3 Å². The van der Waals surface area contributed by atoms with Crippen molar-refractivity contribution in [2.24, 2.45) is 5.16 Å². The maximum atomic E-state index is 11.8. The van der Waals surface area contributed by atoms with Gasteiger partial charge in [-0.1, -0.05) is 23.4 Å². The molecule has 1 N–H and O–H groups in total. The van der Waals surface area contributed by atoms with Crippen LogP contribution in [0.5, 0.6) is 0 Å². The first-order valence-electron chi connectivity index (χ1n) is 5.58. The van der Waals surface area contributed by atoms with Crippen LogP contribution in [0.1, 0.15) is 12.5 Å². The second-order valence-electron chi connectivity index (χ2n) is 3.79. The van der Waals surface area contributed by atoms with Gasteiger partial charge in [0.1, 0.15) is 5.58 Å². The van der Waals surface area contributed by atoms with E-state index in [0.717, 1.165) is 5.39 Å². The highest BCUT2D eigenvalue weighted by atomic mass is 16.7. The van der Waals surface area contributed by atoms with Crippen molar-refractivity contribution in [2.45, 2.75) is 6.92 Å². The van der Waals surface area contributed by atoms with E-state index in [1.165, 1.54) is 7.05 Å². The first-order valence-corrected chi connectivity index (χ1v) is 5.58. The van der Waals surface area contributed by atoms with E-state index in [4.69, 9.17) is 4.42 Å². The third-order valence-corrected chi connectivity index (χ3v) is 2.50. The van der Waals surface area contributed by atoms with Gasteiger partial charge in [0.15, 0.2) is 0 Å². The molecule has 0 bridgehead atoms. The molecule has 19 heavy (non-hydrogen) atoms. The highest BCUT2D eigenvalue weighted by Crippen LogP contribution is 2.13. The van der Waals surface area contributed by atoms with Gasteiger partial charge in [-0.25, -0.2) is 9.59 Å². The van der Waals surface area contributed by atoms with Crippen molar-refractivity contribution in [1.29, 1.82) is 0 Å². The molecule has 6 nitrogen and oxygen atoms in total. The minimum atomic E-state index is -0.704. The lowest BCUT2D eigenvalue weighted by Crippen LogP contribution is -2.18. The van der Waals surface area contributed by atoms with E-state index in [1.807, 2.05) is 12.1 Å².